The number of ether oxygens (including phenoxy) is 5. The molecule has 0 atom stereocenters. The van der Waals surface area contributed by atoms with E-state index in [0.717, 1.165) is 0 Å². The summed E-state index contributed by atoms with van der Waals surface area (Å²) in [7, 11) is 7.65. The number of hydrogen-bond donors (Lipinski definition) is 0. The maximum Gasteiger partial charge on any atom is 0.211 e. The molecular weight excluding hydrogens is 236 g/mol. The van der Waals surface area contributed by atoms with Crippen LogP contribution >= 0.6 is 0 Å². The molecule has 1 aromatic rings. The maximum absolute atomic E-state index is 5.33. The van der Waals surface area contributed by atoms with Crippen molar-refractivity contribution in [2.24, 2.45) is 0 Å². The molecule has 0 heterocycles. The predicted octanol–water partition coefficient (Wildman–Crippen LogP) is 2.37. The van der Waals surface area contributed by atoms with Crippen LogP contribution in [0.1, 0.15) is 5.56 Å². The molecule has 0 spiro atoms. The second-order valence-corrected chi connectivity index (χ2v) is 3.28. The summed E-state index contributed by atoms with van der Waals surface area (Å²) in [6, 6.07) is 0. The monoisotopic (exact) mass is 254 g/mol. The van der Waals surface area contributed by atoms with Gasteiger partial charge < -0.3 is 23.7 Å². The van der Waals surface area contributed by atoms with Crippen molar-refractivity contribution in [2.45, 2.75) is 0 Å². The lowest BCUT2D eigenvalue weighted by molar-refractivity contribution is 0.290. The molecule has 0 aromatic heterocycles. The highest BCUT2D eigenvalue weighted by atomic mass is 16.6. The van der Waals surface area contributed by atoms with Crippen molar-refractivity contribution in [3.63, 3.8) is 0 Å². The van der Waals surface area contributed by atoms with Gasteiger partial charge in [0.25, 0.3) is 0 Å². The first kappa shape index (κ1) is 14.0. The molecule has 0 bridgehead atoms. The Morgan fingerprint density at radius 1 is 0.611 bits per heavy atom. The quantitative estimate of drug-likeness (QED) is 0.780. The normalized spacial score (nSPS) is 9.61. The van der Waals surface area contributed by atoms with Crippen LogP contribution in [-0.2, 0) is 0 Å². The molecule has 5 nitrogen and oxygen atoms in total. The molecule has 0 fully saturated rings. The zero-order valence-corrected chi connectivity index (χ0v) is 11.3. The lowest BCUT2D eigenvalue weighted by Crippen LogP contribution is -2.02. The van der Waals surface area contributed by atoms with Crippen molar-refractivity contribution < 1.29 is 23.7 Å². The molecule has 1 aromatic carbocycles. The summed E-state index contributed by atoms with van der Waals surface area (Å²) in [6.45, 7) is 3.74. The number of hydrogen-bond acceptors (Lipinski definition) is 5. The van der Waals surface area contributed by atoms with Crippen LogP contribution in [0.2, 0.25) is 0 Å². The van der Waals surface area contributed by atoms with E-state index in [1.54, 1.807) is 6.08 Å². The molecule has 100 valence electrons. The van der Waals surface area contributed by atoms with Crippen LogP contribution in [0, 0.1) is 0 Å². The first-order valence-corrected chi connectivity index (χ1v) is 5.26. The van der Waals surface area contributed by atoms with E-state index >= 15 is 0 Å². The van der Waals surface area contributed by atoms with E-state index in [9.17, 15) is 0 Å². The lowest BCUT2D eigenvalue weighted by Gasteiger charge is -2.20. The molecule has 0 unspecified atom stereocenters. The summed E-state index contributed by atoms with van der Waals surface area (Å²) in [5, 5.41) is 0. The summed E-state index contributed by atoms with van der Waals surface area (Å²) in [5.74, 6) is 2.27. The first-order valence-electron chi connectivity index (χ1n) is 5.26. The fraction of sp³-hybridized carbons (Fsp3) is 0.385. The van der Waals surface area contributed by atoms with Crippen molar-refractivity contribution in [3.05, 3.63) is 12.1 Å². The van der Waals surface area contributed by atoms with Crippen molar-refractivity contribution in [1.82, 2.24) is 0 Å². The summed E-state index contributed by atoms with van der Waals surface area (Å²) >= 11 is 0. The minimum Gasteiger partial charge on any atom is -0.492 e. The van der Waals surface area contributed by atoms with Crippen LogP contribution in [0.5, 0.6) is 28.7 Å². The minimum atomic E-state index is 0.416. The van der Waals surface area contributed by atoms with E-state index in [4.69, 9.17) is 23.7 Å². The Bertz CT molecular complexity index is 406. The molecular formula is C13H18O5. The molecule has 1 rings (SSSR count). The molecule has 0 aliphatic rings. The van der Waals surface area contributed by atoms with Gasteiger partial charge in [-0.1, -0.05) is 12.7 Å². The molecule has 0 radical (unpaired) electrons. The largest absolute Gasteiger partial charge is 0.492 e. The van der Waals surface area contributed by atoms with E-state index in [0.29, 0.717) is 34.3 Å². The van der Waals surface area contributed by atoms with Crippen LogP contribution in [0.3, 0.4) is 0 Å². The third kappa shape index (κ3) is 2.03. The maximum atomic E-state index is 5.33. The van der Waals surface area contributed by atoms with Gasteiger partial charge in [-0.05, 0) is 0 Å². The summed E-state index contributed by atoms with van der Waals surface area (Å²) in [4.78, 5) is 0. The van der Waals surface area contributed by atoms with Crippen molar-refractivity contribution in [1.29, 1.82) is 0 Å². The van der Waals surface area contributed by atoms with Crippen LogP contribution in [0.15, 0.2) is 6.58 Å². The summed E-state index contributed by atoms with van der Waals surface area (Å²) in [6.07, 6.45) is 1.61. The molecule has 18 heavy (non-hydrogen) atoms. The SMILES string of the molecule is C=Cc1c(OC)c(OC)c(OC)c(OC)c1OC. The Morgan fingerprint density at radius 2 is 0.889 bits per heavy atom. The lowest BCUT2D eigenvalue weighted by atomic mass is 10.1. The van der Waals surface area contributed by atoms with Gasteiger partial charge in [0, 0.05) is 0 Å². The Hall–Kier alpha value is -2.04. The van der Waals surface area contributed by atoms with Crippen LogP contribution in [0.25, 0.3) is 6.08 Å². The fourth-order valence-corrected chi connectivity index (χ4v) is 1.80. The average molecular weight is 254 g/mol. The van der Waals surface area contributed by atoms with Gasteiger partial charge in [0.1, 0.15) is 0 Å². The van der Waals surface area contributed by atoms with Gasteiger partial charge in [0.2, 0.25) is 17.2 Å². The van der Waals surface area contributed by atoms with Gasteiger partial charge in [0.15, 0.2) is 11.5 Å². The summed E-state index contributed by atoms with van der Waals surface area (Å²) in [5.41, 5.74) is 0.648. The first-order chi connectivity index (χ1) is 8.69. The van der Waals surface area contributed by atoms with Gasteiger partial charge in [-0.2, -0.15) is 0 Å². The number of benzene rings is 1. The second kappa shape index (κ2) is 6.05. The minimum absolute atomic E-state index is 0.416. The molecule has 0 aliphatic carbocycles. The van der Waals surface area contributed by atoms with Crippen LogP contribution in [0.4, 0.5) is 0 Å². The van der Waals surface area contributed by atoms with Crippen LogP contribution in [-0.4, -0.2) is 35.5 Å². The van der Waals surface area contributed by atoms with E-state index in [-0.39, 0.29) is 0 Å². The van der Waals surface area contributed by atoms with E-state index < -0.39 is 0 Å². The highest BCUT2D eigenvalue weighted by Crippen LogP contribution is 2.53. The molecule has 0 N–H and O–H groups in total. The molecule has 0 saturated carbocycles. The van der Waals surface area contributed by atoms with Crippen molar-refractivity contribution in [3.8, 4) is 28.7 Å². The second-order valence-electron chi connectivity index (χ2n) is 3.28. The van der Waals surface area contributed by atoms with Gasteiger partial charge >= 0.3 is 0 Å². The highest BCUT2D eigenvalue weighted by Gasteiger charge is 2.26. The smallest absolute Gasteiger partial charge is 0.211 e. The number of methoxy groups -OCH3 is 5. The molecule has 0 aliphatic heterocycles. The third-order valence-electron chi connectivity index (χ3n) is 2.54. The zero-order chi connectivity index (χ0) is 13.7. The van der Waals surface area contributed by atoms with Crippen molar-refractivity contribution in [2.75, 3.05) is 35.5 Å². The summed E-state index contributed by atoms with van der Waals surface area (Å²) < 4.78 is 26.6. The Labute approximate surface area is 107 Å². The Kier molecular flexibility index (Phi) is 4.71. The van der Waals surface area contributed by atoms with E-state index in [1.165, 1.54) is 35.5 Å². The highest BCUT2D eigenvalue weighted by molar-refractivity contribution is 5.77. The molecule has 0 saturated heterocycles. The Balaban J connectivity index is 3.77. The molecule has 0 amide bonds. The van der Waals surface area contributed by atoms with E-state index in [2.05, 4.69) is 6.58 Å². The predicted molar refractivity (Wildman–Crippen MR) is 69.3 cm³/mol. The van der Waals surface area contributed by atoms with Gasteiger partial charge in [-0.3, -0.25) is 0 Å². The van der Waals surface area contributed by atoms with E-state index in [1.807, 2.05) is 0 Å². The van der Waals surface area contributed by atoms with Gasteiger partial charge in [0.05, 0.1) is 41.1 Å². The van der Waals surface area contributed by atoms with Crippen LogP contribution < -0.4 is 23.7 Å². The third-order valence-corrected chi connectivity index (χ3v) is 2.54. The van der Waals surface area contributed by atoms with Gasteiger partial charge in [-0.15, -0.1) is 0 Å². The molecule has 5 heteroatoms. The fourth-order valence-electron chi connectivity index (χ4n) is 1.80. The number of rotatable bonds is 6. The zero-order valence-electron chi connectivity index (χ0n) is 11.3. The van der Waals surface area contributed by atoms with Crippen molar-refractivity contribution >= 4 is 6.08 Å². The average Bonchev–Trinajstić information content (AvgIpc) is 2.43. The topological polar surface area (TPSA) is 46.2 Å². The van der Waals surface area contributed by atoms with Gasteiger partial charge in [-0.25, -0.2) is 0 Å². The Morgan fingerprint density at radius 3 is 1.11 bits per heavy atom. The standard InChI is InChI=1S/C13H18O5/c1-7-8-9(14-2)11(16-4)13(18-6)12(17-5)10(8)15-3/h7H,1H2,2-6H3.